The normalized spacial score (nSPS) is 12.1. The molecule has 178 valence electrons. The molecule has 3 N–H and O–H groups in total. The topological polar surface area (TPSA) is 95.1 Å². The summed E-state index contributed by atoms with van der Waals surface area (Å²) in [5.74, 6) is 1.03. The number of nitrogens with two attached hydrogens (primary N) is 1. The van der Waals surface area contributed by atoms with Crippen molar-refractivity contribution in [2.75, 3.05) is 43.9 Å². The molecule has 33 heavy (non-hydrogen) atoms. The molecule has 0 atom stereocenters. The summed E-state index contributed by atoms with van der Waals surface area (Å²) in [6.45, 7) is 6.98. The first kappa shape index (κ1) is 24.8. The number of nitrogens with zero attached hydrogens (tertiary/aromatic N) is 3. The Bertz CT molecular complexity index is 1160. The molecule has 1 aromatic carbocycles. The van der Waals surface area contributed by atoms with Gasteiger partial charge < -0.3 is 20.4 Å². The fraction of sp³-hybridized carbons (Fsp3) is 0.400. The van der Waals surface area contributed by atoms with Crippen molar-refractivity contribution in [1.29, 1.82) is 0 Å². The van der Waals surface area contributed by atoms with E-state index in [1.54, 1.807) is 13.2 Å². The molecule has 0 aliphatic rings. The summed E-state index contributed by atoms with van der Waals surface area (Å²) < 4.78 is 8.21. The summed E-state index contributed by atoms with van der Waals surface area (Å²) in [5.41, 5.74) is 12.8. The van der Waals surface area contributed by atoms with Crippen molar-refractivity contribution in [3.63, 3.8) is 0 Å². The smallest absolute Gasteiger partial charge is 0.253 e. The SMILES string of the molecule is CNC(=O)c1cc(-c2nc(N)ncc2C)n(COCCS(C)(C)C)c1-c1cc(C)ccc1C. The highest BCUT2D eigenvalue weighted by atomic mass is 32.3. The number of carbonyl (C=O) groups is 1. The van der Waals surface area contributed by atoms with Gasteiger partial charge in [0.05, 0.1) is 29.3 Å². The minimum Gasteiger partial charge on any atom is -0.368 e. The van der Waals surface area contributed by atoms with Gasteiger partial charge >= 0.3 is 0 Å². The number of carbonyl (C=O) groups excluding carboxylic acids is 1. The quantitative estimate of drug-likeness (QED) is 0.483. The summed E-state index contributed by atoms with van der Waals surface area (Å²) in [5, 5.41) is 2.78. The zero-order valence-electron chi connectivity index (χ0n) is 20.7. The molecule has 8 heteroatoms. The molecule has 3 aromatic rings. The van der Waals surface area contributed by atoms with Gasteiger partial charge in [-0.1, -0.05) is 17.7 Å². The van der Waals surface area contributed by atoms with E-state index in [9.17, 15) is 4.79 Å². The minimum absolute atomic E-state index is 0.162. The molecule has 0 saturated heterocycles. The Morgan fingerprint density at radius 1 is 1.15 bits per heavy atom. The van der Waals surface area contributed by atoms with E-state index in [0.717, 1.165) is 39.4 Å². The number of nitrogens with one attached hydrogen (secondary N) is 1. The van der Waals surface area contributed by atoms with Crippen LogP contribution in [0.2, 0.25) is 0 Å². The van der Waals surface area contributed by atoms with Gasteiger partial charge in [0.15, 0.2) is 0 Å². The Morgan fingerprint density at radius 3 is 2.55 bits per heavy atom. The van der Waals surface area contributed by atoms with Gasteiger partial charge in [-0.15, -0.1) is 0 Å². The summed E-state index contributed by atoms with van der Waals surface area (Å²) in [7, 11) is 0.966. The molecule has 7 nitrogen and oxygen atoms in total. The van der Waals surface area contributed by atoms with E-state index in [4.69, 9.17) is 10.5 Å². The van der Waals surface area contributed by atoms with Crippen molar-refractivity contribution in [2.45, 2.75) is 27.5 Å². The molecule has 2 heterocycles. The number of ether oxygens (including phenoxy) is 1. The standard InChI is InChI=1S/C25H35N5O2S/c1-16-8-9-17(2)19(12-16)23-20(24(31)27-4)13-21(22-18(3)14-28-25(26)29-22)30(23)15-32-10-11-33(5,6)7/h8-9,12-14H,10-11,15H2,1-7H3,(H,27,31)(H2,26,28,29). The molecule has 0 radical (unpaired) electrons. The molecule has 0 fully saturated rings. The first-order chi connectivity index (χ1) is 15.5. The largest absolute Gasteiger partial charge is 0.368 e. The van der Waals surface area contributed by atoms with Crippen LogP contribution in [-0.4, -0.2) is 58.6 Å². The number of benzene rings is 1. The predicted octanol–water partition coefficient (Wildman–Crippen LogP) is 4.15. The second-order valence-corrected chi connectivity index (χ2v) is 13.8. The first-order valence-electron chi connectivity index (χ1n) is 10.9. The van der Waals surface area contributed by atoms with E-state index in [0.29, 0.717) is 24.6 Å². The molecule has 0 aliphatic carbocycles. The van der Waals surface area contributed by atoms with Crippen LogP contribution < -0.4 is 11.1 Å². The second-order valence-electron chi connectivity index (χ2n) is 9.21. The van der Waals surface area contributed by atoms with E-state index in [2.05, 4.69) is 66.1 Å². The van der Waals surface area contributed by atoms with Crippen molar-refractivity contribution in [3.05, 3.63) is 52.7 Å². The minimum atomic E-state index is -0.675. The van der Waals surface area contributed by atoms with Crippen molar-refractivity contribution in [2.24, 2.45) is 0 Å². The third-order valence-corrected chi connectivity index (χ3v) is 6.90. The number of hydrogen-bond acceptors (Lipinski definition) is 5. The van der Waals surface area contributed by atoms with E-state index in [1.807, 2.05) is 17.6 Å². The van der Waals surface area contributed by atoms with Gasteiger partial charge in [0.25, 0.3) is 5.91 Å². The average molecular weight is 470 g/mol. The lowest BCUT2D eigenvalue weighted by atomic mass is 10.00. The molecule has 2 aromatic heterocycles. The number of amides is 1. The van der Waals surface area contributed by atoms with E-state index in [-0.39, 0.29) is 11.9 Å². The Balaban J connectivity index is 2.24. The Kier molecular flexibility index (Phi) is 7.49. The lowest BCUT2D eigenvalue weighted by Gasteiger charge is -2.25. The second kappa shape index (κ2) is 9.97. The van der Waals surface area contributed by atoms with Gasteiger partial charge in [0.2, 0.25) is 5.95 Å². The Labute approximate surface area is 198 Å². The van der Waals surface area contributed by atoms with Crippen molar-refractivity contribution < 1.29 is 9.53 Å². The van der Waals surface area contributed by atoms with Crippen LogP contribution in [0, 0.1) is 20.8 Å². The number of nitrogen functional groups attached to an aromatic ring is 1. The molecule has 0 spiro atoms. The first-order valence-corrected chi connectivity index (χ1v) is 13.9. The zero-order chi connectivity index (χ0) is 24.3. The highest BCUT2D eigenvalue weighted by Gasteiger charge is 2.25. The zero-order valence-corrected chi connectivity index (χ0v) is 21.5. The molecule has 1 amide bonds. The number of aromatic nitrogens is 3. The van der Waals surface area contributed by atoms with Gasteiger partial charge in [-0.25, -0.2) is 20.0 Å². The highest BCUT2D eigenvalue weighted by molar-refractivity contribution is 8.32. The number of aryl methyl sites for hydroxylation is 3. The molecule has 0 bridgehead atoms. The summed E-state index contributed by atoms with van der Waals surface area (Å²) in [4.78, 5) is 21.6. The monoisotopic (exact) mass is 469 g/mol. The fourth-order valence-electron chi connectivity index (χ4n) is 3.65. The molecule has 0 aliphatic heterocycles. The fourth-order valence-corrected chi connectivity index (χ4v) is 4.27. The maximum absolute atomic E-state index is 13.0. The third kappa shape index (κ3) is 5.75. The van der Waals surface area contributed by atoms with Gasteiger partial charge in [-0.3, -0.25) is 4.79 Å². The van der Waals surface area contributed by atoms with Gasteiger partial charge in [-0.05, 0) is 62.8 Å². The number of rotatable bonds is 8. The van der Waals surface area contributed by atoms with Gasteiger partial charge in [0, 0.05) is 24.6 Å². The van der Waals surface area contributed by atoms with Crippen molar-refractivity contribution >= 4 is 21.9 Å². The van der Waals surface area contributed by atoms with Crippen LogP contribution in [0.5, 0.6) is 0 Å². The van der Waals surface area contributed by atoms with Crippen LogP contribution in [0.15, 0.2) is 30.5 Å². The Morgan fingerprint density at radius 2 is 1.88 bits per heavy atom. The third-order valence-electron chi connectivity index (χ3n) is 5.51. The van der Waals surface area contributed by atoms with Crippen molar-refractivity contribution in [1.82, 2.24) is 19.9 Å². The molecular weight excluding hydrogens is 434 g/mol. The summed E-state index contributed by atoms with van der Waals surface area (Å²) in [6, 6.07) is 8.14. The molecule has 3 rings (SSSR count). The van der Waals surface area contributed by atoms with Crippen LogP contribution in [0.25, 0.3) is 22.6 Å². The van der Waals surface area contributed by atoms with Crippen LogP contribution in [-0.2, 0) is 11.5 Å². The van der Waals surface area contributed by atoms with Crippen LogP contribution >= 0.6 is 10.0 Å². The van der Waals surface area contributed by atoms with Crippen LogP contribution in [0.3, 0.4) is 0 Å². The average Bonchev–Trinajstić information content (AvgIpc) is 3.12. The number of hydrogen-bond donors (Lipinski definition) is 2. The molecular formula is C25H35N5O2S. The lowest BCUT2D eigenvalue weighted by Crippen LogP contribution is -2.19. The molecule has 0 saturated carbocycles. The highest BCUT2D eigenvalue weighted by Crippen LogP contribution is 2.37. The Hall–Kier alpha value is -2.84. The van der Waals surface area contributed by atoms with E-state index in [1.165, 1.54) is 0 Å². The van der Waals surface area contributed by atoms with Gasteiger partial charge in [-0.2, -0.15) is 0 Å². The van der Waals surface area contributed by atoms with Gasteiger partial charge in [0.1, 0.15) is 6.73 Å². The number of anilines is 1. The van der Waals surface area contributed by atoms with Crippen molar-refractivity contribution in [3.8, 4) is 22.6 Å². The van der Waals surface area contributed by atoms with E-state index >= 15 is 0 Å². The van der Waals surface area contributed by atoms with E-state index < -0.39 is 10.0 Å². The maximum atomic E-state index is 13.0. The lowest BCUT2D eigenvalue weighted by molar-refractivity contribution is 0.0914. The summed E-state index contributed by atoms with van der Waals surface area (Å²) in [6.07, 6.45) is 8.52. The summed E-state index contributed by atoms with van der Waals surface area (Å²) >= 11 is 0. The maximum Gasteiger partial charge on any atom is 0.253 e. The predicted molar refractivity (Wildman–Crippen MR) is 139 cm³/mol. The van der Waals surface area contributed by atoms with Crippen LogP contribution in [0.4, 0.5) is 5.95 Å². The molecule has 0 unspecified atom stereocenters. The van der Waals surface area contributed by atoms with Crippen LogP contribution in [0.1, 0.15) is 27.0 Å².